The van der Waals surface area contributed by atoms with Gasteiger partial charge < -0.3 is 0 Å². The number of benzene rings is 5. The Morgan fingerprint density at radius 2 is 1.28 bits per heavy atom. The van der Waals surface area contributed by atoms with Gasteiger partial charge in [0.15, 0.2) is 0 Å². The maximum atomic E-state index is 5.43. The quantitative estimate of drug-likeness (QED) is 0.206. The third kappa shape index (κ3) is 2.59. The summed E-state index contributed by atoms with van der Waals surface area (Å²) in [6, 6.07) is 40.1. The molecule has 0 fully saturated rings. The second-order valence-electron chi connectivity index (χ2n) is 11.5. The van der Waals surface area contributed by atoms with Crippen molar-refractivity contribution in [1.29, 1.82) is 0 Å². The first-order chi connectivity index (χ1) is 19.1. The molecule has 5 aromatic carbocycles. The van der Waals surface area contributed by atoms with Gasteiger partial charge in [0.1, 0.15) is 5.65 Å². The van der Waals surface area contributed by atoms with E-state index in [9.17, 15) is 0 Å². The molecule has 0 radical (unpaired) electrons. The lowest BCUT2D eigenvalue weighted by molar-refractivity contribution is 0.660. The van der Waals surface area contributed by atoms with E-state index < -0.39 is 0 Å². The Balaban J connectivity index is 1.46. The Bertz CT molecular complexity index is 2180. The third-order valence-corrected chi connectivity index (χ3v) is 9.22. The SMILES string of the molecule is CC1(C)c2ccccc2-c2c(-c3cccc4c5ccccc5n5c6c(nc5c34)-c3ccccc3C6)cccc21. The minimum absolute atomic E-state index is 0.0350. The summed E-state index contributed by atoms with van der Waals surface area (Å²) in [5.74, 6) is 0. The third-order valence-electron chi connectivity index (χ3n) is 9.22. The predicted molar refractivity (Wildman–Crippen MR) is 161 cm³/mol. The Morgan fingerprint density at radius 3 is 2.21 bits per heavy atom. The fourth-order valence-corrected chi connectivity index (χ4v) is 7.46. The molecule has 0 aliphatic heterocycles. The standard InChI is InChI=1S/C37H26N2/c1-37(2)29-18-7-5-14-28(29)33-26(17-10-19-30(33)37)27-16-9-15-25-24-13-6-8-20-31(24)39-32-21-22-11-3-4-12-23(22)35(32)38-36(39)34(25)27/h3-20H,21H2,1-2H3. The zero-order valence-corrected chi connectivity index (χ0v) is 22.0. The monoisotopic (exact) mass is 498 g/mol. The molecule has 2 heteroatoms. The minimum Gasteiger partial charge on any atom is -0.295 e. The van der Waals surface area contributed by atoms with Crippen LogP contribution in [0.3, 0.4) is 0 Å². The lowest BCUT2D eigenvalue weighted by Gasteiger charge is -2.22. The number of aromatic nitrogens is 2. The number of para-hydroxylation sites is 1. The van der Waals surface area contributed by atoms with Crippen molar-refractivity contribution in [1.82, 2.24) is 9.38 Å². The molecule has 184 valence electrons. The average molecular weight is 499 g/mol. The van der Waals surface area contributed by atoms with Gasteiger partial charge in [0.2, 0.25) is 0 Å². The van der Waals surface area contributed by atoms with E-state index in [4.69, 9.17) is 4.98 Å². The summed E-state index contributed by atoms with van der Waals surface area (Å²) in [6.45, 7) is 4.71. The van der Waals surface area contributed by atoms with Gasteiger partial charge in [-0.15, -0.1) is 0 Å². The molecule has 0 unspecified atom stereocenters. The molecule has 0 spiro atoms. The van der Waals surface area contributed by atoms with Crippen molar-refractivity contribution in [2.45, 2.75) is 25.7 Å². The van der Waals surface area contributed by atoms with Crippen molar-refractivity contribution in [2.24, 2.45) is 0 Å². The summed E-state index contributed by atoms with van der Waals surface area (Å²) < 4.78 is 2.44. The highest BCUT2D eigenvalue weighted by atomic mass is 15.0. The van der Waals surface area contributed by atoms with Gasteiger partial charge >= 0.3 is 0 Å². The molecule has 0 saturated heterocycles. The number of imidazole rings is 1. The molecule has 2 heterocycles. The largest absolute Gasteiger partial charge is 0.295 e. The van der Waals surface area contributed by atoms with E-state index >= 15 is 0 Å². The van der Waals surface area contributed by atoms with Gasteiger partial charge in [-0.3, -0.25) is 4.40 Å². The summed E-state index contributed by atoms with van der Waals surface area (Å²) >= 11 is 0. The number of fused-ring (bicyclic) bond motifs is 13. The van der Waals surface area contributed by atoms with Crippen LogP contribution >= 0.6 is 0 Å². The van der Waals surface area contributed by atoms with Crippen molar-refractivity contribution in [2.75, 3.05) is 0 Å². The average Bonchev–Trinajstić information content (AvgIpc) is 3.60. The van der Waals surface area contributed by atoms with Gasteiger partial charge in [0, 0.05) is 28.2 Å². The molecular weight excluding hydrogens is 472 g/mol. The summed E-state index contributed by atoms with van der Waals surface area (Å²) in [7, 11) is 0. The van der Waals surface area contributed by atoms with Crippen LogP contribution < -0.4 is 0 Å². The van der Waals surface area contributed by atoms with Crippen LogP contribution in [-0.2, 0) is 11.8 Å². The Kier molecular flexibility index (Phi) is 3.95. The molecule has 0 bridgehead atoms. The molecule has 7 aromatic rings. The normalized spacial score (nSPS) is 14.5. The molecule has 39 heavy (non-hydrogen) atoms. The van der Waals surface area contributed by atoms with Gasteiger partial charge in [-0.25, -0.2) is 4.98 Å². The van der Waals surface area contributed by atoms with E-state index in [1.54, 1.807) is 0 Å². The number of pyridine rings is 1. The van der Waals surface area contributed by atoms with E-state index in [1.807, 2.05) is 0 Å². The van der Waals surface area contributed by atoms with Gasteiger partial charge in [0.05, 0.1) is 16.9 Å². The van der Waals surface area contributed by atoms with E-state index in [-0.39, 0.29) is 5.41 Å². The van der Waals surface area contributed by atoms with Crippen molar-refractivity contribution >= 4 is 27.3 Å². The van der Waals surface area contributed by atoms with Crippen LogP contribution in [-0.4, -0.2) is 9.38 Å². The summed E-state index contributed by atoms with van der Waals surface area (Å²) in [6.07, 6.45) is 0.909. The van der Waals surface area contributed by atoms with Crippen molar-refractivity contribution in [3.8, 4) is 33.5 Å². The molecule has 0 atom stereocenters. The Hall–Kier alpha value is -4.69. The molecule has 2 aliphatic carbocycles. The summed E-state index contributed by atoms with van der Waals surface area (Å²) in [4.78, 5) is 5.43. The number of nitrogens with zero attached hydrogens (tertiary/aromatic N) is 2. The van der Waals surface area contributed by atoms with Gasteiger partial charge in [-0.2, -0.15) is 0 Å². The van der Waals surface area contributed by atoms with E-state index in [2.05, 4.69) is 127 Å². The lowest BCUT2D eigenvalue weighted by Crippen LogP contribution is -2.14. The Labute approximate surface area is 227 Å². The van der Waals surface area contributed by atoms with Gasteiger partial charge in [-0.05, 0) is 50.4 Å². The lowest BCUT2D eigenvalue weighted by atomic mass is 9.82. The predicted octanol–water partition coefficient (Wildman–Crippen LogP) is 9.19. The molecule has 2 aromatic heterocycles. The van der Waals surface area contributed by atoms with Gasteiger partial charge in [-0.1, -0.05) is 117 Å². The van der Waals surface area contributed by atoms with Crippen molar-refractivity contribution < 1.29 is 0 Å². The summed E-state index contributed by atoms with van der Waals surface area (Å²) in [5.41, 5.74) is 15.4. The molecular formula is C37H26N2. The van der Waals surface area contributed by atoms with Gasteiger partial charge in [0.25, 0.3) is 0 Å². The molecule has 0 N–H and O–H groups in total. The van der Waals surface area contributed by atoms with Crippen LogP contribution in [0.25, 0.3) is 60.8 Å². The van der Waals surface area contributed by atoms with Crippen LogP contribution in [0, 0.1) is 0 Å². The maximum Gasteiger partial charge on any atom is 0.146 e. The molecule has 9 rings (SSSR count). The number of hydrogen-bond donors (Lipinski definition) is 0. The van der Waals surface area contributed by atoms with E-state index in [0.29, 0.717) is 0 Å². The van der Waals surface area contributed by atoms with E-state index in [1.165, 1.54) is 71.9 Å². The van der Waals surface area contributed by atoms with Crippen LogP contribution in [0.1, 0.15) is 36.2 Å². The fourth-order valence-electron chi connectivity index (χ4n) is 7.46. The second kappa shape index (κ2) is 7.24. The summed E-state index contributed by atoms with van der Waals surface area (Å²) in [5, 5.41) is 3.76. The molecule has 0 saturated carbocycles. The molecule has 0 amide bonds. The topological polar surface area (TPSA) is 17.3 Å². The first kappa shape index (κ1) is 21.3. The number of hydrogen-bond acceptors (Lipinski definition) is 1. The van der Waals surface area contributed by atoms with Crippen molar-refractivity contribution in [3.05, 3.63) is 132 Å². The van der Waals surface area contributed by atoms with Crippen LogP contribution in [0.15, 0.2) is 109 Å². The minimum atomic E-state index is -0.0350. The fraction of sp³-hybridized carbons (Fsp3) is 0.108. The highest BCUT2D eigenvalue weighted by Gasteiger charge is 2.37. The second-order valence-corrected chi connectivity index (χ2v) is 11.5. The zero-order chi connectivity index (χ0) is 25.9. The molecule has 2 aliphatic rings. The highest BCUT2D eigenvalue weighted by Crippen LogP contribution is 2.53. The van der Waals surface area contributed by atoms with Crippen LogP contribution in [0.5, 0.6) is 0 Å². The first-order valence-corrected chi connectivity index (χ1v) is 13.8. The number of rotatable bonds is 1. The zero-order valence-electron chi connectivity index (χ0n) is 22.0. The van der Waals surface area contributed by atoms with Crippen molar-refractivity contribution in [3.63, 3.8) is 0 Å². The van der Waals surface area contributed by atoms with E-state index in [0.717, 1.165) is 17.8 Å². The Morgan fingerprint density at radius 1 is 0.615 bits per heavy atom. The first-order valence-electron chi connectivity index (χ1n) is 13.8. The highest BCUT2D eigenvalue weighted by molar-refractivity contribution is 6.18. The van der Waals surface area contributed by atoms with Crippen LogP contribution in [0.4, 0.5) is 0 Å². The van der Waals surface area contributed by atoms with Crippen LogP contribution in [0.2, 0.25) is 0 Å². The molecule has 2 nitrogen and oxygen atoms in total. The maximum absolute atomic E-state index is 5.43. The smallest absolute Gasteiger partial charge is 0.146 e.